The first-order valence-electron chi connectivity index (χ1n) is 6.14. The molecule has 108 valence electrons. The smallest absolute Gasteiger partial charge is 0.171 e. The third kappa shape index (κ3) is 2.69. The summed E-state index contributed by atoms with van der Waals surface area (Å²) in [6, 6.07) is 0. The van der Waals surface area contributed by atoms with Gasteiger partial charge in [-0.15, -0.1) is 23.1 Å². The van der Waals surface area contributed by atoms with Crippen molar-refractivity contribution in [2.24, 2.45) is 7.05 Å². The van der Waals surface area contributed by atoms with E-state index in [2.05, 4.69) is 10.4 Å². The number of rotatable bonds is 5. The lowest BCUT2D eigenvalue weighted by Gasteiger charge is -2.06. The maximum Gasteiger partial charge on any atom is 0.171 e. The number of nitrogens with zero attached hydrogens (tertiary/aromatic N) is 2. The third-order valence-electron chi connectivity index (χ3n) is 3.20. The highest BCUT2D eigenvalue weighted by Gasteiger charge is 2.18. The SMILES string of the molecule is CSc1c(NCc2cnn(C)c2C)sc(C(C)=O)c1N. The Hall–Kier alpha value is -1.47. The zero-order valence-electron chi connectivity index (χ0n) is 12.0. The first-order valence-corrected chi connectivity index (χ1v) is 8.18. The normalized spacial score (nSPS) is 10.8. The van der Waals surface area contributed by atoms with Gasteiger partial charge in [0.05, 0.1) is 21.7 Å². The number of hydrogen-bond donors (Lipinski definition) is 2. The number of anilines is 2. The number of aryl methyl sites for hydroxylation is 1. The van der Waals surface area contributed by atoms with Gasteiger partial charge in [0.15, 0.2) is 5.78 Å². The average Bonchev–Trinajstić information content (AvgIpc) is 2.89. The summed E-state index contributed by atoms with van der Waals surface area (Å²) in [5.41, 5.74) is 8.87. The molecule has 0 aromatic carbocycles. The van der Waals surface area contributed by atoms with Crippen LogP contribution in [-0.2, 0) is 13.6 Å². The van der Waals surface area contributed by atoms with Gasteiger partial charge in [0.1, 0.15) is 5.00 Å². The van der Waals surface area contributed by atoms with Crippen LogP contribution in [0, 0.1) is 6.92 Å². The van der Waals surface area contributed by atoms with E-state index in [4.69, 9.17) is 5.73 Å². The van der Waals surface area contributed by atoms with Crippen LogP contribution in [0.5, 0.6) is 0 Å². The molecule has 2 rings (SSSR count). The first kappa shape index (κ1) is 14.9. The summed E-state index contributed by atoms with van der Waals surface area (Å²) in [5.74, 6) is 0.00779. The monoisotopic (exact) mass is 310 g/mol. The van der Waals surface area contributed by atoms with Crippen LogP contribution in [0.1, 0.15) is 27.9 Å². The summed E-state index contributed by atoms with van der Waals surface area (Å²) in [6.45, 7) is 4.25. The number of nitrogens with two attached hydrogens (primary N) is 1. The lowest BCUT2D eigenvalue weighted by Crippen LogP contribution is -2.01. The number of thioether (sulfide) groups is 1. The number of Topliss-reactive ketones (excluding diaryl/α,β-unsaturated/α-hetero) is 1. The maximum atomic E-state index is 11.6. The summed E-state index contributed by atoms with van der Waals surface area (Å²) >= 11 is 2.97. The van der Waals surface area contributed by atoms with Crippen molar-refractivity contribution in [2.75, 3.05) is 17.3 Å². The minimum atomic E-state index is 0.00779. The molecule has 0 unspecified atom stereocenters. The van der Waals surface area contributed by atoms with E-state index < -0.39 is 0 Å². The average molecular weight is 310 g/mol. The molecule has 20 heavy (non-hydrogen) atoms. The van der Waals surface area contributed by atoms with Gasteiger partial charge in [0.25, 0.3) is 0 Å². The summed E-state index contributed by atoms with van der Waals surface area (Å²) in [5, 5.41) is 8.53. The van der Waals surface area contributed by atoms with Crippen LogP contribution in [0.3, 0.4) is 0 Å². The summed E-state index contributed by atoms with van der Waals surface area (Å²) in [6.07, 6.45) is 3.81. The molecule has 0 aliphatic carbocycles. The molecule has 0 radical (unpaired) electrons. The van der Waals surface area contributed by atoms with Crippen LogP contribution in [0.25, 0.3) is 0 Å². The Balaban J connectivity index is 2.23. The number of nitrogen functional groups attached to an aromatic ring is 1. The number of carbonyl (C=O) groups is 1. The second-order valence-corrected chi connectivity index (χ2v) is 6.33. The number of ketones is 1. The van der Waals surface area contributed by atoms with Gasteiger partial charge >= 0.3 is 0 Å². The van der Waals surface area contributed by atoms with E-state index in [0.717, 1.165) is 21.2 Å². The molecule has 0 amide bonds. The van der Waals surface area contributed by atoms with Crippen molar-refractivity contribution in [1.29, 1.82) is 0 Å². The van der Waals surface area contributed by atoms with Crippen molar-refractivity contribution in [3.05, 3.63) is 22.3 Å². The van der Waals surface area contributed by atoms with Crippen LogP contribution in [0.15, 0.2) is 11.1 Å². The van der Waals surface area contributed by atoms with Crippen LogP contribution in [0.2, 0.25) is 0 Å². The van der Waals surface area contributed by atoms with Gasteiger partial charge in [-0.2, -0.15) is 5.10 Å². The molecule has 0 fully saturated rings. The van der Waals surface area contributed by atoms with Crippen molar-refractivity contribution in [3.63, 3.8) is 0 Å². The van der Waals surface area contributed by atoms with E-state index in [9.17, 15) is 4.79 Å². The van der Waals surface area contributed by atoms with E-state index >= 15 is 0 Å². The van der Waals surface area contributed by atoms with Gasteiger partial charge in [0.2, 0.25) is 0 Å². The second-order valence-electron chi connectivity index (χ2n) is 4.50. The predicted octanol–water partition coefficient (Wildman–Crippen LogP) is 2.91. The molecule has 3 N–H and O–H groups in total. The Morgan fingerprint density at radius 2 is 2.30 bits per heavy atom. The Morgan fingerprint density at radius 3 is 2.80 bits per heavy atom. The van der Waals surface area contributed by atoms with E-state index in [1.165, 1.54) is 11.3 Å². The van der Waals surface area contributed by atoms with Crippen LogP contribution in [0.4, 0.5) is 10.7 Å². The summed E-state index contributed by atoms with van der Waals surface area (Å²) in [4.78, 5) is 13.1. The summed E-state index contributed by atoms with van der Waals surface area (Å²) in [7, 11) is 1.92. The fourth-order valence-electron chi connectivity index (χ4n) is 1.90. The Kier molecular flexibility index (Phi) is 4.39. The fourth-order valence-corrected chi connectivity index (χ4v) is 3.83. The minimum absolute atomic E-state index is 0.00779. The van der Waals surface area contributed by atoms with Gasteiger partial charge < -0.3 is 11.1 Å². The van der Waals surface area contributed by atoms with Crippen molar-refractivity contribution in [2.45, 2.75) is 25.3 Å². The van der Waals surface area contributed by atoms with Gasteiger partial charge in [-0.05, 0) is 13.2 Å². The van der Waals surface area contributed by atoms with E-state index in [-0.39, 0.29) is 5.78 Å². The molecule has 5 nitrogen and oxygen atoms in total. The number of aromatic nitrogens is 2. The number of carbonyl (C=O) groups excluding carboxylic acids is 1. The molecule has 2 aromatic rings. The first-order chi connectivity index (χ1) is 9.45. The van der Waals surface area contributed by atoms with Crippen molar-refractivity contribution in [3.8, 4) is 0 Å². The third-order valence-corrected chi connectivity index (χ3v) is 5.43. The maximum absolute atomic E-state index is 11.6. The van der Waals surface area contributed by atoms with Gasteiger partial charge in [-0.3, -0.25) is 9.48 Å². The van der Waals surface area contributed by atoms with Crippen LogP contribution >= 0.6 is 23.1 Å². The fraction of sp³-hybridized carbons (Fsp3) is 0.385. The lowest BCUT2D eigenvalue weighted by atomic mass is 10.2. The van der Waals surface area contributed by atoms with Crippen molar-refractivity contribution >= 4 is 39.6 Å². The van der Waals surface area contributed by atoms with Gasteiger partial charge in [0, 0.05) is 31.8 Å². The molecule has 0 aliphatic rings. The standard InChI is InChI=1S/C13H18N4OS2/c1-7-9(6-16-17(7)3)5-15-13-12(19-4)10(14)11(20-13)8(2)18/h6,15H,5,14H2,1-4H3. The molecule has 2 heterocycles. The van der Waals surface area contributed by atoms with Crippen LogP contribution < -0.4 is 11.1 Å². The Bertz CT molecular complexity index is 645. The molecule has 0 saturated heterocycles. The largest absolute Gasteiger partial charge is 0.396 e. The molecule has 7 heteroatoms. The van der Waals surface area contributed by atoms with Crippen LogP contribution in [-0.4, -0.2) is 21.8 Å². The highest BCUT2D eigenvalue weighted by molar-refractivity contribution is 7.99. The minimum Gasteiger partial charge on any atom is -0.396 e. The van der Waals surface area contributed by atoms with Gasteiger partial charge in [-0.1, -0.05) is 0 Å². The van der Waals surface area contributed by atoms with Crippen molar-refractivity contribution < 1.29 is 4.79 Å². The molecule has 0 saturated carbocycles. The van der Waals surface area contributed by atoms with Gasteiger partial charge in [-0.25, -0.2) is 0 Å². The lowest BCUT2D eigenvalue weighted by molar-refractivity contribution is 0.102. The zero-order valence-corrected chi connectivity index (χ0v) is 13.6. The molecule has 0 spiro atoms. The topological polar surface area (TPSA) is 72.9 Å². The molecular formula is C13H18N4OS2. The van der Waals surface area contributed by atoms with E-state index in [1.54, 1.807) is 18.7 Å². The zero-order chi connectivity index (χ0) is 14.9. The van der Waals surface area contributed by atoms with E-state index in [0.29, 0.717) is 17.1 Å². The predicted molar refractivity (Wildman–Crippen MR) is 85.8 cm³/mol. The number of nitrogens with one attached hydrogen (secondary N) is 1. The molecular weight excluding hydrogens is 292 g/mol. The highest BCUT2D eigenvalue weighted by atomic mass is 32.2. The van der Waals surface area contributed by atoms with Crippen molar-refractivity contribution in [1.82, 2.24) is 9.78 Å². The molecule has 2 aromatic heterocycles. The Morgan fingerprint density at radius 1 is 1.60 bits per heavy atom. The number of thiophene rings is 1. The molecule has 0 bridgehead atoms. The second kappa shape index (κ2) is 5.88. The van der Waals surface area contributed by atoms with E-state index in [1.807, 2.05) is 31.1 Å². The molecule has 0 aliphatic heterocycles. The number of hydrogen-bond acceptors (Lipinski definition) is 6. The Labute approximate surface area is 126 Å². The molecule has 0 atom stereocenters. The summed E-state index contributed by atoms with van der Waals surface area (Å²) < 4.78 is 1.84. The quantitative estimate of drug-likeness (QED) is 0.656. The highest BCUT2D eigenvalue weighted by Crippen LogP contribution is 2.42.